The summed E-state index contributed by atoms with van der Waals surface area (Å²) in [5.41, 5.74) is 5.24. The third-order valence-corrected chi connectivity index (χ3v) is 5.66. The molecular formula is C21H30FN3O3. The highest BCUT2D eigenvalue weighted by molar-refractivity contribution is 5.79. The first kappa shape index (κ1) is 20.6. The van der Waals surface area contributed by atoms with Crippen LogP contribution >= 0.6 is 0 Å². The first-order valence-corrected chi connectivity index (χ1v) is 10.2. The normalized spacial score (nSPS) is 23.4. The fraction of sp³-hybridized carbons (Fsp3) is 0.619. The number of benzene rings is 1. The van der Waals surface area contributed by atoms with E-state index in [0.717, 1.165) is 38.8 Å². The molecule has 2 heterocycles. The predicted molar refractivity (Wildman–Crippen MR) is 104 cm³/mol. The maximum Gasteiger partial charge on any atom is 0.226 e. The fourth-order valence-electron chi connectivity index (χ4n) is 4.13. The van der Waals surface area contributed by atoms with E-state index >= 15 is 0 Å². The minimum atomic E-state index is -0.298. The molecule has 2 amide bonds. The van der Waals surface area contributed by atoms with Gasteiger partial charge in [0.1, 0.15) is 11.6 Å². The van der Waals surface area contributed by atoms with Gasteiger partial charge in [0.2, 0.25) is 11.8 Å². The van der Waals surface area contributed by atoms with Crippen LogP contribution in [-0.4, -0.2) is 60.9 Å². The number of carbonyl (C=O) groups is 2. The van der Waals surface area contributed by atoms with Gasteiger partial charge < -0.3 is 20.3 Å². The van der Waals surface area contributed by atoms with Gasteiger partial charge in [-0.1, -0.05) is 0 Å². The third kappa shape index (κ3) is 5.92. The van der Waals surface area contributed by atoms with E-state index in [-0.39, 0.29) is 29.5 Å². The molecule has 7 heteroatoms. The van der Waals surface area contributed by atoms with Crippen LogP contribution < -0.4 is 10.5 Å². The summed E-state index contributed by atoms with van der Waals surface area (Å²) in [6, 6.07) is 6.03. The van der Waals surface area contributed by atoms with Crippen LogP contribution in [0.3, 0.4) is 0 Å². The zero-order chi connectivity index (χ0) is 19.9. The Morgan fingerprint density at radius 1 is 1.11 bits per heavy atom. The molecule has 2 saturated heterocycles. The smallest absolute Gasteiger partial charge is 0.226 e. The molecule has 1 aromatic rings. The van der Waals surface area contributed by atoms with Crippen LogP contribution in [0.1, 0.15) is 32.1 Å². The number of hydrogen-bond acceptors (Lipinski definition) is 4. The number of nitrogens with zero attached hydrogens (tertiary/aromatic N) is 2. The largest absolute Gasteiger partial charge is 0.493 e. The number of halogens is 1. The number of nitrogens with two attached hydrogens (primary N) is 1. The van der Waals surface area contributed by atoms with Crippen molar-refractivity contribution < 1.29 is 18.7 Å². The lowest BCUT2D eigenvalue weighted by molar-refractivity contribution is -0.139. The number of rotatable bonds is 7. The van der Waals surface area contributed by atoms with Gasteiger partial charge in [-0.2, -0.15) is 0 Å². The fourth-order valence-corrected chi connectivity index (χ4v) is 4.13. The van der Waals surface area contributed by atoms with E-state index in [4.69, 9.17) is 10.5 Å². The Kier molecular flexibility index (Phi) is 7.25. The van der Waals surface area contributed by atoms with E-state index in [1.807, 2.05) is 4.90 Å². The number of primary amides is 1. The second-order valence-corrected chi connectivity index (χ2v) is 7.91. The van der Waals surface area contributed by atoms with E-state index < -0.39 is 0 Å². The molecule has 2 N–H and O–H groups in total. The molecular weight excluding hydrogens is 361 g/mol. The zero-order valence-corrected chi connectivity index (χ0v) is 16.3. The van der Waals surface area contributed by atoms with Gasteiger partial charge in [-0.05, 0) is 56.5 Å². The molecule has 0 bridgehead atoms. The van der Waals surface area contributed by atoms with Crippen LogP contribution in [0.2, 0.25) is 0 Å². The molecule has 0 saturated carbocycles. The van der Waals surface area contributed by atoms with E-state index in [0.29, 0.717) is 38.4 Å². The van der Waals surface area contributed by atoms with Gasteiger partial charge in [0.15, 0.2) is 0 Å². The standard InChI is InChI=1S/C21H30FN3O3/c22-18-5-7-19(8-6-18)28-15-16-3-1-11-25(13-16)21(27)17-4-2-10-24(14-17)12-9-20(23)26/h5-8,16-17H,1-4,9-15H2,(H2,23,26)/t16-,17-/m1/s1. The van der Waals surface area contributed by atoms with Crippen molar-refractivity contribution in [3.63, 3.8) is 0 Å². The number of likely N-dealkylation sites (tertiary alicyclic amines) is 2. The minimum absolute atomic E-state index is 0.00149. The van der Waals surface area contributed by atoms with Gasteiger partial charge in [0.05, 0.1) is 12.5 Å². The van der Waals surface area contributed by atoms with Crippen LogP contribution in [0, 0.1) is 17.7 Å². The SMILES string of the molecule is NC(=O)CCN1CCC[C@@H](C(=O)N2CCC[C@@H](COc3ccc(F)cc3)C2)C1. The first-order chi connectivity index (χ1) is 13.5. The van der Waals surface area contributed by atoms with Gasteiger partial charge in [-0.3, -0.25) is 9.59 Å². The summed E-state index contributed by atoms with van der Waals surface area (Å²) < 4.78 is 18.8. The van der Waals surface area contributed by atoms with E-state index in [2.05, 4.69) is 4.90 Å². The minimum Gasteiger partial charge on any atom is -0.493 e. The van der Waals surface area contributed by atoms with E-state index in [1.165, 1.54) is 12.1 Å². The molecule has 0 aromatic heterocycles. The Hall–Kier alpha value is -2.15. The summed E-state index contributed by atoms with van der Waals surface area (Å²) in [6.45, 7) is 4.30. The highest BCUT2D eigenvalue weighted by Crippen LogP contribution is 2.24. The van der Waals surface area contributed by atoms with Gasteiger partial charge in [-0.25, -0.2) is 4.39 Å². The molecule has 0 unspecified atom stereocenters. The summed E-state index contributed by atoms with van der Waals surface area (Å²) in [5, 5.41) is 0. The highest BCUT2D eigenvalue weighted by Gasteiger charge is 2.32. The van der Waals surface area contributed by atoms with Crippen LogP contribution in [0.25, 0.3) is 0 Å². The van der Waals surface area contributed by atoms with Crippen molar-refractivity contribution in [1.29, 1.82) is 0 Å². The molecule has 154 valence electrons. The maximum absolute atomic E-state index is 13.0. The summed E-state index contributed by atoms with van der Waals surface area (Å²) in [6.07, 6.45) is 4.22. The lowest BCUT2D eigenvalue weighted by Crippen LogP contribution is -2.48. The number of ether oxygens (including phenoxy) is 1. The molecule has 6 nitrogen and oxygen atoms in total. The maximum atomic E-state index is 13.0. The average Bonchev–Trinajstić information content (AvgIpc) is 2.72. The lowest BCUT2D eigenvalue weighted by Gasteiger charge is -2.38. The summed E-state index contributed by atoms with van der Waals surface area (Å²) in [5.74, 6) is 0.584. The number of carbonyl (C=O) groups excluding carboxylic acids is 2. The van der Waals surface area contributed by atoms with Crippen molar-refractivity contribution in [2.45, 2.75) is 32.1 Å². The molecule has 1 aromatic carbocycles. The average molecular weight is 391 g/mol. The molecule has 28 heavy (non-hydrogen) atoms. The second kappa shape index (κ2) is 9.87. The first-order valence-electron chi connectivity index (χ1n) is 10.2. The van der Waals surface area contributed by atoms with Crippen molar-refractivity contribution in [3.05, 3.63) is 30.1 Å². The number of piperidine rings is 2. The van der Waals surface area contributed by atoms with Gasteiger partial charge in [0, 0.05) is 38.5 Å². The quantitative estimate of drug-likeness (QED) is 0.772. The Bertz CT molecular complexity index is 667. The zero-order valence-electron chi connectivity index (χ0n) is 16.3. The molecule has 2 atom stereocenters. The molecule has 0 radical (unpaired) electrons. The predicted octanol–water partition coefficient (Wildman–Crippen LogP) is 2.03. The van der Waals surface area contributed by atoms with Crippen molar-refractivity contribution in [1.82, 2.24) is 9.80 Å². The van der Waals surface area contributed by atoms with E-state index in [9.17, 15) is 14.0 Å². The molecule has 0 spiro atoms. The molecule has 2 aliphatic rings. The van der Waals surface area contributed by atoms with Crippen LogP contribution in [0.15, 0.2) is 24.3 Å². The van der Waals surface area contributed by atoms with Crippen molar-refractivity contribution >= 4 is 11.8 Å². The van der Waals surface area contributed by atoms with E-state index in [1.54, 1.807) is 12.1 Å². The topological polar surface area (TPSA) is 75.9 Å². The summed E-state index contributed by atoms with van der Waals surface area (Å²) in [4.78, 5) is 28.2. The molecule has 2 aliphatic heterocycles. The Labute approximate surface area is 165 Å². The number of amides is 2. The Morgan fingerprint density at radius 2 is 1.86 bits per heavy atom. The van der Waals surface area contributed by atoms with Crippen molar-refractivity contribution in [2.24, 2.45) is 17.6 Å². The molecule has 2 fully saturated rings. The van der Waals surface area contributed by atoms with Crippen molar-refractivity contribution in [3.8, 4) is 5.75 Å². The Morgan fingerprint density at radius 3 is 2.61 bits per heavy atom. The van der Waals surface area contributed by atoms with Gasteiger partial charge in [-0.15, -0.1) is 0 Å². The van der Waals surface area contributed by atoms with Gasteiger partial charge in [0.25, 0.3) is 0 Å². The number of hydrogen-bond donors (Lipinski definition) is 1. The third-order valence-electron chi connectivity index (χ3n) is 5.66. The van der Waals surface area contributed by atoms with Gasteiger partial charge >= 0.3 is 0 Å². The monoisotopic (exact) mass is 391 g/mol. The molecule has 3 rings (SSSR count). The lowest BCUT2D eigenvalue weighted by atomic mass is 9.93. The highest BCUT2D eigenvalue weighted by atomic mass is 19.1. The summed E-state index contributed by atoms with van der Waals surface area (Å²) >= 11 is 0. The Balaban J connectivity index is 1.48. The summed E-state index contributed by atoms with van der Waals surface area (Å²) in [7, 11) is 0. The molecule has 0 aliphatic carbocycles. The van der Waals surface area contributed by atoms with Crippen LogP contribution in [-0.2, 0) is 9.59 Å². The second-order valence-electron chi connectivity index (χ2n) is 7.91. The van der Waals surface area contributed by atoms with Crippen molar-refractivity contribution in [2.75, 3.05) is 39.3 Å². The van der Waals surface area contributed by atoms with Crippen LogP contribution in [0.4, 0.5) is 4.39 Å². The van der Waals surface area contributed by atoms with Crippen LogP contribution in [0.5, 0.6) is 5.75 Å².